The van der Waals surface area contributed by atoms with E-state index in [0.29, 0.717) is 18.4 Å². The van der Waals surface area contributed by atoms with E-state index >= 15 is 0 Å². The van der Waals surface area contributed by atoms with Crippen LogP contribution in [0.3, 0.4) is 0 Å². The van der Waals surface area contributed by atoms with Gasteiger partial charge in [0, 0.05) is 27.5 Å². The minimum Gasteiger partial charge on any atom is -0.393 e. The molecule has 0 bridgehead atoms. The molecule has 0 aromatic rings. The zero-order chi connectivity index (χ0) is 32.4. The summed E-state index contributed by atoms with van der Waals surface area (Å²) in [6, 6.07) is 0. The van der Waals surface area contributed by atoms with Crippen LogP contribution in [0, 0.1) is 34.5 Å². The molecule has 2 aliphatic carbocycles. The lowest BCUT2D eigenvalue weighted by Gasteiger charge is -2.34. The average Bonchev–Trinajstić information content (AvgIpc) is 2.88. The van der Waals surface area contributed by atoms with Crippen molar-refractivity contribution in [3.05, 3.63) is 105 Å². The number of aliphatic hydroxyl groups excluding tert-OH is 2. The molecule has 2 unspecified atom stereocenters. The number of carbonyl (C=O) groups excluding carboxylic acids is 1. The molecular weight excluding hydrogens is 528 g/mol. The predicted molar refractivity (Wildman–Crippen MR) is 182 cm³/mol. The van der Waals surface area contributed by atoms with Gasteiger partial charge in [-0.1, -0.05) is 129 Å². The van der Waals surface area contributed by atoms with E-state index in [0.717, 1.165) is 39.9 Å². The van der Waals surface area contributed by atoms with Gasteiger partial charge in [0.05, 0.1) is 6.10 Å². The Hall–Kier alpha value is -3.63. The number of Topliss-reactive ketones (excluding diaryl/α,β-unsaturated/α-hetero) is 1. The summed E-state index contributed by atoms with van der Waals surface area (Å²) in [6.45, 7) is 20.3. The summed E-state index contributed by atoms with van der Waals surface area (Å²) in [6.07, 6.45) is 20.9. The molecule has 0 aromatic carbocycles. The third-order valence-electron chi connectivity index (χ3n) is 7.83. The van der Waals surface area contributed by atoms with Crippen molar-refractivity contribution in [3.8, 4) is 23.7 Å². The number of ketones is 1. The number of rotatable bonds is 6. The van der Waals surface area contributed by atoms with Gasteiger partial charge in [-0.05, 0) is 72.0 Å². The Morgan fingerprint density at radius 1 is 0.721 bits per heavy atom. The fourth-order valence-electron chi connectivity index (χ4n) is 5.51. The van der Waals surface area contributed by atoms with Crippen LogP contribution in [0.1, 0.15) is 88.5 Å². The molecule has 228 valence electrons. The summed E-state index contributed by atoms with van der Waals surface area (Å²) >= 11 is 0. The quantitative estimate of drug-likeness (QED) is 0.245. The maximum atomic E-state index is 12.2. The molecule has 3 nitrogen and oxygen atoms in total. The van der Waals surface area contributed by atoms with Crippen molar-refractivity contribution >= 4 is 5.78 Å². The lowest BCUT2D eigenvalue weighted by molar-refractivity contribution is -0.125. The zero-order valence-corrected chi connectivity index (χ0v) is 27.9. The van der Waals surface area contributed by atoms with Crippen LogP contribution in [-0.4, -0.2) is 28.2 Å². The number of hydrogen-bond donors (Lipinski definition) is 2. The van der Waals surface area contributed by atoms with Gasteiger partial charge in [-0.3, -0.25) is 4.79 Å². The molecule has 0 saturated heterocycles. The molecule has 0 heterocycles. The monoisotopic (exact) mass is 578 g/mol. The fourth-order valence-corrected chi connectivity index (χ4v) is 5.51. The Kier molecular flexibility index (Phi) is 13.0. The summed E-state index contributed by atoms with van der Waals surface area (Å²) in [5.41, 5.74) is 7.45. The van der Waals surface area contributed by atoms with E-state index in [4.69, 9.17) is 0 Å². The van der Waals surface area contributed by atoms with Gasteiger partial charge in [-0.2, -0.15) is 0 Å². The van der Waals surface area contributed by atoms with Crippen molar-refractivity contribution in [2.45, 2.75) is 101 Å². The van der Waals surface area contributed by atoms with E-state index in [9.17, 15) is 15.0 Å². The molecule has 2 aliphatic rings. The highest BCUT2D eigenvalue weighted by molar-refractivity contribution is 6.00. The first kappa shape index (κ1) is 35.6. The second kappa shape index (κ2) is 15.7. The molecule has 0 radical (unpaired) electrons. The van der Waals surface area contributed by atoms with Gasteiger partial charge in [0.15, 0.2) is 5.78 Å². The van der Waals surface area contributed by atoms with E-state index in [-0.39, 0.29) is 22.7 Å². The SMILES string of the molecule is CC(C#CC1=C(C)CC(O)CC1(C)C)=CC=CC(C)=C/C=C/C=C(C)/C=C/C=C(\C)C#CC1=C(C)C(=O)C(O)CC1(C)C. The van der Waals surface area contributed by atoms with Crippen LogP contribution in [0.5, 0.6) is 0 Å². The van der Waals surface area contributed by atoms with Crippen LogP contribution >= 0.6 is 0 Å². The molecule has 43 heavy (non-hydrogen) atoms. The van der Waals surface area contributed by atoms with E-state index in [2.05, 4.69) is 69.6 Å². The topological polar surface area (TPSA) is 57.5 Å². The minimum atomic E-state index is -0.934. The van der Waals surface area contributed by atoms with Gasteiger partial charge >= 0.3 is 0 Å². The largest absolute Gasteiger partial charge is 0.393 e. The van der Waals surface area contributed by atoms with Gasteiger partial charge < -0.3 is 10.2 Å². The summed E-state index contributed by atoms with van der Waals surface area (Å²) in [5, 5.41) is 20.1. The minimum absolute atomic E-state index is 0.0943. The lowest BCUT2D eigenvalue weighted by Crippen LogP contribution is -2.35. The third kappa shape index (κ3) is 11.2. The van der Waals surface area contributed by atoms with E-state index in [1.54, 1.807) is 6.92 Å². The molecule has 0 fully saturated rings. The molecule has 0 aliphatic heterocycles. The first-order chi connectivity index (χ1) is 20.0. The third-order valence-corrected chi connectivity index (χ3v) is 7.83. The van der Waals surface area contributed by atoms with E-state index in [1.807, 2.05) is 77.2 Å². The van der Waals surface area contributed by atoms with Crippen LogP contribution < -0.4 is 0 Å². The molecule has 2 atom stereocenters. The molecule has 0 amide bonds. The number of aliphatic hydroxyl groups is 2. The lowest BCUT2D eigenvalue weighted by atomic mass is 9.71. The molecule has 3 heteroatoms. The van der Waals surface area contributed by atoms with Crippen molar-refractivity contribution < 1.29 is 15.0 Å². The van der Waals surface area contributed by atoms with Gasteiger partial charge in [-0.15, -0.1) is 0 Å². The number of carbonyl (C=O) groups is 1. The highest BCUT2D eigenvalue weighted by Crippen LogP contribution is 2.40. The van der Waals surface area contributed by atoms with Gasteiger partial charge in [-0.25, -0.2) is 0 Å². The highest BCUT2D eigenvalue weighted by atomic mass is 16.3. The Bertz CT molecular complexity index is 1480. The van der Waals surface area contributed by atoms with Crippen molar-refractivity contribution in [1.82, 2.24) is 0 Å². The number of allylic oxidation sites excluding steroid dienone is 16. The summed E-state index contributed by atoms with van der Waals surface area (Å²) in [5.74, 6) is 12.8. The van der Waals surface area contributed by atoms with Crippen LogP contribution in [0.2, 0.25) is 0 Å². The predicted octanol–water partition coefficient (Wildman–Crippen LogP) is 8.62. The summed E-state index contributed by atoms with van der Waals surface area (Å²) in [7, 11) is 0. The van der Waals surface area contributed by atoms with Gasteiger partial charge in [0.1, 0.15) is 6.10 Å². The van der Waals surface area contributed by atoms with Crippen LogP contribution in [0.4, 0.5) is 0 Å². The zero-order valence-electron chi connectivity index (χ0n) is 27.9. The van der Waals surface area contributed by atoms with Gasteiger partial charge in [0.25, 0.3) is 0 Å². The van der Waals surface area contributed by atoms with Crippen LogP contribution in [0.25, 0.3) is 0 Å². The molecule has 0 aromatic heterocycles. The van der Waals surface area contributed by atoms with Crippen molar-refractivity contribution in [2.75, 3.05) is 0 Å². The summed E-state index contributed by atoms with van der Waals surface area (Å²) in [4.78, 5) is 12.2. The maximum absolute atomic E-state index is 12.2. The van der Waals surface area contributed by atoms with Crippen molar-refractivity contribution in [3.63, 3.8) is 0 Å². The number of hydrogen-bond acceptors (Lipinski definition) is 3. The first-order valence-corrected chi connectivity index (χ1v) is 15.1. The summed E-state index contributed by atoms with van der Waals surface area (Å²) < 4.78 is 0. The Balaban J connectivity index is 1.96. The Morgan fingerprint density at radius 3 is 1.67 bits per heavy atom. The highest BCUT2D eigenvalue weighted by Gasteiger charge is 2.37. The van der Waals surface area contributed by atoms with Crippen molar-refractivity contribution in [1.29, 1.82) is 0 Å². The second-order valence-corrected chi connectivity index (χ2v) is 13.2. The van der Waals surface area contributed by atoms with Crippen LogP contribution in [0.15, 0.2) is 105 Å². The first-order valence-electron chi connectivity index (χ1n) is 15.1. The standard InChI is InChI=1S/C40H50O3/c1-28(17-13-19-30(3)21-23-35-32(5)25-34(41)26-39(35,7)8)15-11-12-16-29(2)18-14-20-31(4)22-24-36-33(6)38(43)37(42)27-40(36,9)10/h11-20,34,37,41-42H,25-27H2,1-10H3/b12-11+,17-13?,18-14+,28-15?,29-16+,30-19?,31-20+. The second-order valence-electron chi connectivity index (χ2n) is 13.2. The normalized spacial score (nSPS) is 23.7. The van der Waals surface area contributed by atoms with Gasteiger partial charge in [0.2, 0.25) is 0 Å². The molecule has 0 saturated carbocycles. The molecule has 2 rings (SSSR count). The Labute approximate surface area is 261 Å². The molecular formula is C40H50O3. The smallest absolute Gasteiger partial charge is 0.187 e. The molecule has 0 spiro atoms. The van der Waals surface area contributed by atoms with Crippen molar-refractivity contribution in [2.24, 2.45) is 10.8 Å². The fraction of sp³-hybridized carbons (Fsp3) is 0.425. The maximum Gasteiger partial charge on any atom is 0.187 e. The average molecular weight is 579 g/mol. The van der Waals surface area contributed by atoms with E-state index < -0.39 is 6.10 Å². The Morgan fingerprint density at radius 2 is 1.19 bits per heavy atom. The van der Waals surface area contributed by atoms with Crippen LogP contribution in [-0.2, 0) is 4.79 Å². The van der Waals surface area contributed by atoms with E-state index in [1.165, 1.54) is 5.57 Å². The molecule has 2 N–H and O–H groups in total.